The van der Waals surface area contributed by atoms with Gasteiger partial charge in [-0.1, -0.05) is 35.0 Å². The largest absolute Gasteiger partial charge is 0.460 e. The number of benzene rings is 2. The third-order valence-electron chi connectivity index (χ3n) is 4.51. The number of ether oxygens (including phenoxy) is 1. The monoisotopic (exact) mass is 442 g/mol. The normalized spacial score (nSPS) is 11.5. The van der Waals surface area contributed by atoms with E-state index in [0.717, 1.165) is 17.7 Å². The van der Waals surface area contributed by atoms with Crippen molar-refractivity contribution in [2.45, 2.75) is 20.0 Å². The molecule has 11 heteroatoms. The Hall–Kier alpha value is -4.02. The summed E-state index contributed by atoms with van der Waals surface area (Å²) in [7, 11) is 0. The predicted molar refractivity (Wildman–Crippen MR) is 107 cm³/mol. The maximum atomic E-state index is 13.1. The van der Waals surface area contributed by atoms with Gasteiger partial charge in [-0.05, 0) is 38.1 Å². The van der Waals surface area contributed by atoms with Gasteiger partial charge in [-0.15, -0.1) is 10.2 Å². The minimum atomic E-state index is -4.48. The summed E-state index contributed by atoms with van der Waals surface area (Å²) < 4.78 is 46.8. The highest BCUT2D eigenvalue weighted by molar-refractivity contribution is 5.85. The Morgan fingerprint density at radius 1 is 1.12 bits per heavy atom. The number of hydrogen-bond acceptors (Lipinski definition) is 6. The Morgan fingerprint density at radius 3 is 2.56 bits per heavy atom. The van der Waals surface area contributed by atoms with Crippen molar-refractivity contribution in [2.24, 2.45) is 0 Å². The molecule has 0 aliphatic carbocycles. The number of aryl methyl sites for hydroxylation is 1. The number of halogens is 3. The van der Waals surface area contributed by atoms with Crippen LogP contribution < -0.4 is 0 Å². The molecule has 4 aromatic rings. The molecule has 0 saturated carbocycles. The lowest BCUT2D eigenvalue weighted by molar-refractivity contribution is -0.137. The van der Waals surface area contributed by atoms with Gasteiger partial charge in [0.15, 0.2) is 0 Å². The zero-order valence-corrected chi connectivity index (χ0v) is 17.0. The van der Waals surface area contributed by atoms with Crippen LogP contribution in [-0.2, 0) is 10.9 Å². The van der Waals surface area contributed by atoms with Gasteiger partial charge in [0, 0.05) is 5.56 Å². The van der Waals surface area contributed by atoms with Crippen LogP contribution >= 0.6 is 0 Å². The van der Waals surface area contributed by atoms with Crippen molar-refractivity contribution in [3.63, 3.8) is 0 Å². The minimum Gasteiger partial charge on any atom is -0.460 e. The van der Waals surface area contributed by atoms with Crippen molar-refractivity contribution in [1.29, 1.82) is 0 Å². The molecule has 2 aromatic carbocycles. The topological polar surface area (TPSA) is 87.7 Å². The van der Waals surface area contributed by atoms with Crippen LogP contribution in [0, 0.1) is 6.92 Å². The van der Waals surface area contributed by atoms with Gasteiger partial charge >= 0.3 is 12.1 Å². The van der Waals surface area contributed by atoms with Crippen molar-refractivity contribution in [2.75, 3.05) is 6.61 Å². The third kappa shape index (κ3) is 4.22. The molecule has 0 atom stereocenters. The molecule has 4 rings (SSSR count). The van der Waals surface area contributed by atoms with E-state index in [-0.39, 0.29) is 29.6 Å². The fourth-order valence-electron chi connectivity index (χ4n) is 2.94. The van der Waals surface area contributed by atoms with E-state index < -0.39 is 17.7 Å². The zero-order chi connectivity index (χ0) is 22.9. The average Bonchev–Trinajstić information content (AvgIpc) is 3.42. The average molecular weight is 442 g/mol. The summed E-state index contributed by atoms with van der Waals surface area (Å²) in [5.74, 6) is -0.765. The molecule has 0 saturated heterocycles. The lowest BCUT2D eigenvalue weighted by Gasteiger charge is -2.07. The van der Waals surface area contributed by atoms with Crippen LogP contribution in [0.25, 0.3) is 22.9 Å². The Balaban J connectivity index is 1.78. The van der Waals surface area contributed by atoms with E-state index in [0.29, 0.717) is 5.69 Å². The number of carbonyl (C=O) groups is 1. The fourth-order valence-corrected chi connectivity index (χ4v) is 2.94. The summed E-state index contributed by atoms with van der Waals surface area (Å²) in [6.07, 6.45) is -3.06. The summed E-state index contributed by atoms with van der Waals surface area (Å²) in [5, 5.41) is 12.2. The first-order chi connectivity index (χ1) is 15.3. The van der Waals surface area contributed by atoms with Crippen LogP contribution in [0.5, 0.6) is 0 Å². The highest BCUT2D eigenvalue weighted by atomic mass is 19.4. The number of carbonyl (C=O) groups excluding carboxylic acids is 1. The van der Waals surface area contributed by atoms with Gasteiger partial charge < -0.3 is 4.74 Å². The molecule has 2 heterocycles. The van der Waals surface area contributed by atoms with Gasteiger partial charge in [-0.2, -0.15) is 27.5 Å². The van der Waals surface area contributed by atoms with Crippen LogP contribution in [0.4, 0.5) is 13.2 Å². The van der Waals surface area contributed by atoms with Gasteiger partial charge in [0.25, 0.3) is 11.8 Å². The number of nitrogens with zero attached hydrogens (tertiary/aromatic N) is 6. The molecule has 0 aliphatic rings. The quantitative estimate of drug-likeness (QED) is 0.434. The summed E-state index contributed by atoms with van der Waals surface area (Å²) in [4.78, 5) is 16.4. The second-order valence-corrected chi connectivity index (χ2v) is 6.83. The van der Waals surface area contributed by atoms with Crippen molar-refractivity contribution >= 4 is 5.97 Å². The van der Waals surface area contributed by atoms with E-state index in [1.165, 1.54) is 27.7 Å². The summed E-state index contributed by atoms with van der Waals surface area (Å²) >= 11 is 0. The van der Waals surface area contributed by atoms with E-state index in [2.05, 4.69) is 20.4 Å². The number of esters is 1. The lowest BCUT2D eigenvalue weighted by Crippen LogP contribution is -2.08. The predicted octanol–water partition coefficient (Wildman–Crippen LogP) is 4.02. The van der Waals surface area contributed by atoms with Gasteiger partial charge in [0.05, 0.1) is 24.1 Å². The molecule has 32 heavy (non-hydrogen) atoms. The smallest absolute Gasteiger partial charge is 0.416 e. The maximum Gasteiger partial charge on any atom is 0.416 e. The molecule has 164 valence electrons. The number of alkyl halides is 3. The molecule has 0 unspecified atom stereocenters. The van der Waals surface area contributed by atoms with Gasteiger partial charge in [0.2, 0.25) is 0 Å². The second-order valence-electron chi connectivity index (χ2n) is 6.83. The van der Waals surface area contributed by atoms with Crippen LogP contribution in [0.1, 0.15) is 28.7 Å². The number of aromatic nitrogens is 6. The molecule has 0 N–H and O–H groups in total. The first kappa shape index (κ1) is 21.2. The first-order valence-corrected chi connectivity index (χ1v) is 9.58. The van der Waals surface area contributed by atoms with Gasteiger partial charge in [-0.25, -0.2) is 4.79 Å². The van der Waals surface area contributed by atoms with Gasteiger partial charge in [-0.3, -0.25) is 0 Å². The molecule has 8 nitrogen and oxygen atoms in total. The second kappa shape index (κ2) is 8.25. The van der Waals surface area contributed by atoms with Crippen molar-refractivity contribution in [1.82, 2.24) is 29.8 Å². The Bertz CT molecular complexity index is 1260. The Labute approximate surface area is 180 Å². The van der Waals surface area contributed by atoms with E-state index >= 15 is 0 Å². The number of rotatable bonds is 5. The molecule has 0 spiro atoms. The van der Waals surface area contributed by atoms with E-state index in [4.69, 9.17) is 4.74 Å². The summed E-state index contributed by atoms with van der Waals surface area (Å²) in [6.45, 7) is 3.74. The fraction of sp³-hybridized carbons (Fsp3) is 0.190. The molecule has 0 radical (unpaired) electrons. The SMILES string of the molecule is CCOC(=O)c1nc(-n2cc(-c3cccc(C(F)(F)F)c3)nn2)n(-c2ccc(C)cc2)n1. The van der Waals surface area contributed by atoms with Crippen molar-refractivity contribution < 1.29 is 22.7 Å². The van der Waals surface area contributed by atoms with Crippen molar-refractivity contribution in [3.05, 3.63) is 71.7 Å². The summed E-state index contributed by atoms with van der Waals surface area (Å²) in [6, 6.07) is 12.1. The zero-order valence-electron chi connectivity index (χ0n) is 17.0. The van der Waals surface area contributed by atoms with E-state index in [9.17, 15) is 18.0 Å². The van der Waals surface area contributed by atoms with Crippen LogP contribution in [0.3, 0.4) is 0 Å². The first-order valence-electron chi connectivity index (χ1n) is 9.58. The van der Waals surface area contributed by atoms with Gasteiger partial charge in [0.1, 0.15) is 5.69 Å². The molecule has 0 aliphatic heterocycles. The van der Waals surface area contributed by atoms with E-state index in [1.54, 1.807) is 19.1 Å². The minimum absolute atomic E-state index is 0.127. The molecule has 0 bridgehead atoms. The molecule has 0 amide bonds. The Kier molecular flexibility index (Phi) is 5.47. The lowest BCUT2D eigenvalue weighted by atomic mass is 10.1. The molecular weight excluding hydrogens is 425 g/mol. The van der Waals surface area contributed by atoms with Crippen LogP contribution in [-0.4, -0.2) is 42.3 Å². The highest BCUT2D eigenvalue weighted by Gasteiger charge is 2.30. The molecule has 2 aromatic heterocycles. The molecular formula is C21H17F3N6O2. The molecule has 0 fully saturated rings. The van der Waals surface area contributed by atoms with E-state index in [1.807, 2.05) is 19.1 Å². The standard InChI is InChI=1S/C21H17F3N6O2/c1-3-32-19(31)18-25-20(30(27-18)16-9-7-13(2)8-10-16)29-12-17(26-28-29)14-5-4-6-15(11-14)21(22,23)24/h4-12H,3H2,1-2H3. The Morgan fingerprint density at radius 2 is 1.88 bits per heavy atom. The van der Waals surface area contributed by atoms with Crippen LogP contribution in [0.15, 0.2) is 54.7 Å². The third-order valence-corrected chi connectivity index (χ3v) is 4.51. The number of hydrogen-bond donors (Lipinski definition) is 0. The van der Waals surface area contributed by atoms with Crippen LogP contribution in [0.2, 0.25) is 0 Å². The highest BCUT2D eigenvalue weighted by Crippen LogP contribution is 2.31. The van der Waals surface area contributed by atoms with Crippen molar-refractivity contribution in [3.8, 4) is 22.9 Å². The maximum absolute atomic E-state index is 13.1. The summed E-state index contributed by atoms with van der Waals surface area (Å²) in [5.41, 5.74) is 1.26.